The Balaban J connectivity index is 2.34. The maximum absolute atomic E-state index is 13.6. The van der Waals surface area contributed by atoms with Crippen LogP contribution in [0.2, 0.25) is 0 Å². The van der Waals surface area contributed by atoms with Gasteiger partial charge in [-0.25, -0.2) is 4.39 Å². The van der Waals surface area contributed by atoms with Crippen molar-refractivity contribution in [1.82, 2.24) is 0 Å². The van der Waals surface area contributed by atoms with Crippen LogP contribution in [-0.2, 0) is 0 Å². The fraction of sp³-hybridized carbons (Fsp3) is 0.0714. The molecule has 2 aromatic rings. The topological polar surface area (TPSA) is 55.1 Å². The molecular formula is C14H13FN2O. The maximum Gasteiger partial charge on any atom is 0.159 e. The zero-order valence-corrected chi connectivity index (χ0v) is 9.91. The summed E-state index contributed by atoms with van der Waals surface area (Å²) in [7, 11) is 0. The van der Waals surface area contributed by atoms with E-state index in [2.05, 4.69) is 5.32 Å². The van der Waals surface area contributed by atoms with Crippen LogP contribution in [0.5, 0.6) is 0 Å². The van der Waals surface area contributed by atoms with Gasteiger partial charge < -0.3 is 11.1 Å². The smallest absolute Gasteiger partial charge is 0.159 e. The summed E-state index contributed by atoms with van der Waals surface area (Å²) in [4.78, 5) is 11.3. The molecule has 4 heteroatoms. The Morgan fingerprint density at radius 1 is 1.22 bits per heavy atom. The Kier molecular flexibility index (Phi) is 3.28. The molecule has 0 aliphatic carbocycles. The van der Waals surface area contributed by atoms with E-state index in [9.17, 15) is 9.18 Å². The molecule has 0 aliphatic heterocycles. The van der Waals surface area contributed by atoms with Crippen LogP contribution in [0.4, 0.5) is 21.5 Å². The molecule has 92 valence electrons. The summed E-state index contributed by atoms with van der Waals surface area (Å²) in [5.74, 6) is -0.469. The third-order valence-electron chi connectivity index (χ3n) is 2.58. The molecule has 0 radical (unpaired) electrons. The van der Waals surface area contributed by atoms with E-state index in [0.717, 1.165) is 0 Å². The SMILES string of the molecule is CC(=O)c1cccc(Nc2c(N)cccc2F)c1. The first-order valence-corrected chi connectivity index (χ1v) is 5.50. The Bertz CT molecular complexity index is 576. The van der Waals surface area contributed by atoms with Gasteiger partial charge in [0.1, 0.15) is 5.82 Å². The molecule has 0 spiro atoms. The average Bonchev–Trinajstić information content (AvgIpc) is 2.34. The van der Waals surface area contributed by atoms with Crippen molar-refractivity contribution in [2.24, 2.45) is 0 Å². The lowest BCUT2D eigenvalue weighted by Crippen LogP contribution is -2.00. The van der Waals surface area contributed by atoms with Crippen LogP contribution in [0.1, 0.15) is 17.3 Å². The van der Waals surface area contributed by atoms with Gasteiger partial charge in [0.25, 0.3) is 0 Å². The number of ketones is 1. The normalized spacial score (nSPS) is 10.1. The van der Waals surface area contributed by atoms with Gasteiger partial charge in [0.05, 0.1) is 11.4 Å². The quantitative estimate of drug-likeness (QED) is 0.643. The Hall–Kier alpha value is -2.36. The lowest BCUT2D eigenvalue weighted by Gasteiger charge is -2.10. The van der Waals surface area contributed by atoms with Crippen LogP contribution in [-0.4, -0.2) is 5.78 Å². The van der Waals surface area contributed by atoms with Crippen LogP contribution in [0.15, 0.2) is 42.5 Å². The molecule has 0 fully saturated rings. The van der Waals surface area contributed by atoms with Crippen LogP contribution in [0, 0.1) is 5.82 Å². The number of hydrogen-bond acceptors (Lipinski definition) is 3. The first kappa shape index (κ1) is 12.1. The van der Waals surface area contributed by atoms with E-state index < -0.39 is 5.82 Å². The van der Waals surface area contributed by atoms with Gasteiger partial charge in [-0.1, -0.05) is 18.2 Å². The summed E-state index contributed by atoms with van der Waals surface area (Å²) in [5, 5.41) is 2.88. The van der Waals surface area contributed by atoms with E-state index in [-0.39, 0.29) is 11.5 Å². The second-order valence-electron chi connectivity index (χ2n) is 3.97. The van der Waals surface area contributed by atoms with Crippen molar-refractivity contribution in [3.63, 3.8) is 0 Å². The van der Waals surface area contributed by atoms with Crippen molar-refractivity contribution in [2.75, 3.05) is 11.1 Å². The largest absolute Gasteiger partial charge is 0.397 e. The Labute approximate surface area is 104 Å². The van der Waals surface area contributed by atoms with E-state index in [1.165, 1.54) is 13.0 Å². The van der Waals surface area contributed by atoms with Gasteiger partial charge in [0, 0.05) is 11.3 Å². The standard InChI is InChI=1S/C14H13FN2O/c1-9(18)10-4-2-5-11(8-10)17-14-12(15)6-3-7-13(14)16/h2-8,17H,16H2,1H3. The first-order chi connectivity index (χ1) is 8.58. The molecule has 0 saturated heterocycles. The zero-order valence-electron chi connectivity index (χ0n) is 9.91. The van der Waals surface area contributed by atoms with Gasteiger partial charge in [-0.2, -0.15) is 0 Å². The highest BCUT2D eigenvalue weighted by molar-refractivity contribution is 5.95. The van der Waals surface area contributed by atoms with Crippen LogP contribution < -0.4 is 11.1 Å². The predicted octanol–water partition coefficient (Wildman–Crippen LogP) is 3.35. The number of nitrogens with one attached hydrogen (secondary N) is 1. The van der Waals surface area contributed by atoms with E-state index in [1.807, 2.05) is 0 Å². The lowest BCUT2D eigenvalue weighted by atomic mass is 10.1. The van der Waals surface area contributed by atoms with Crippen LogP contribution >= 0.6 is 0 Å². The summed E-state index contributed by atoms with van der Waals surface area (Å²) in [6, 6.07) is 11.3. The van der Waals surface area contributed by atoms with E-state index in [0.29, 0.717) is 16.9 Å². The van der Waals surface area contributed by atoms with Crippen LogP contribution in [0.3, 0.4) is 0 Å². The number of rotatable bonds is 3. The molecule has 3 N–H and O–H groups in total. The highest BCUT2D eigenvalue weighted by Crippen LogP contribution is 2.26. The number of carbonyl (C=O) groups is 1. The Morgan fingerprint density at radius 3 is 2.61 bits per heavy atom. The molecule has 0 heterocycles. The molecule has 3 nitrogen and oxygen atoms in total. The average molecular weight is 244 g/mol. The summed E-state index contributed by atoms with van der Waals surface area (Å²) < 4.78 is 13.6. The van der Waals surface area contributed by atoms with Crippen LogP contribution in [0.25, 0.3) is 0 Å². The molecule has 0 aromatic heterocycles. The number of nitrogens with two attached hydrogens (primary N) is 1. The number of anilines is 3. The van der Waals surface area contributed by atoms with Gasteiger partial charge in [-0.05, 0) is 31.2 Å². The number of para-hydroxylation sites is 1. The number of halogens is 1. The summed E-state index contributed by atoms with van der Waals surface area (Å²) in [5.41, 5.74) is 7.43. The minimum Gasteiger partial charge on any atom is -0.397 e. The van der Waals surface area contributed by atoms with Crippen molar-refractivity contribution in [2.45, 2.75) is 6.92 Å². The fourth-order valence-corrected chi connectivity index (χ4v) is 1.63. The molecule has 0 amide bonds. The van der Waals surface area contributed by atoms with Crippen molar-refractivity contribution >= 4 is 22.8 Å². The molecule has 0 atom stereocenters. The van der Waals surface area contributed by atoms with E-state index in [1.54, 1.807) is 36.4 Å². The summed E-state index contributed by atoms with van der Waals surface area (Å²) in [6.07, 6.45) is 0. The molecule has 0 bridgehead atoms. The molecule has 0 saturated carbocycles. The second kappa shape index (κ2) is 4.87. The first-order valence-electron chi connectivity index (χ1n) is 5.50. The number of nitrogen functional groups attached to an aromatic ring is 1. The van der Waals surface area contributed by atoms with Crippen molar-refractivity contribution < 1.29 is 9.18 Å². The van der Waals surface area contributed by atoms with Gasteiger partial charge >= 0.3 is 0 Å². The lowest BCUT2D eigenvalue weighted by molar-refractivity contribution is 0.101. The van der Waals surface area contributed by atoms with Crippen molar-refractivity contribution in [1.29, 1.82) is 0 Å². The predicted molar refractivity (Wildman–Crippen MR) is 70.5 cm³/mol. The van der Waals surface area contributed by atoms with Crippen molar-refractivity contribution in [3.8, 4) is 0 Å². The maximum atomic E-state index is 13.6. The minimum absolute atomic E-state index is 0.0415. The van der Waals surface area contributed by atoms with Gasteiger partial charge in [0.15, 0.2) is 5.78 Å². The minimum atomic E-state index is -0.428. The molecule has 2 aromatic carbocycles. The monoisotopic (exact) mass is 244 g/mol. The molecule has 18 heavy (non-hydrogen) atoms. The zero-order chi connectivity index (χ0) is 13.1. The van der Waals surface area contributed by atoms with Gasteiger partial charge in [-0.15, -0.1) is 0 Å². The fourth-order valence-electron chi connectivity index (χ4n) is 1.63. The third-order valence-corrected chi connectivity index (χ3v) is 2.58. The summed E-state index contributed by atoms with van der Waals surface area (Å²) >= 11 is 0. The number of Topliss-reactive ketones (excluding diaryl/α,β-unsaturated/α-hetero) is 1. The molecular weight excluding hydrogens is 231 g/mol. The number of hydrogen-bond donors (Lipinski definition) is 2. The molecule has 0 aliphatic rings. The Morgan fingerprint density at radius 2 is 1.94 bits per heavy atom. The van der Waals surface area contributed by atoms with Gasteiger partial charge in [-0.3, -0.25) is 4.79 Å². The highest BCUT2D eigenvalue weighted by atomic mass is 19.1. The number of benzene rings is 2. The molecule has 2 rings (SSSR count). The van der Waals surface area contributed by atoms with Crippen molar-refractivity contribution in [3.05, 3.63) is 53.8 Å². The second-order valence-corrected chi connectivity index (χ2v) is 3.97. The number of carbonyl (C=O) groups excluding carboxylic acids is 1. The molecule has 0 unspecified atom stereocenters. The highest BCUT2D eigenvalue weighted by Gasteiger charge is 2.07. The van der Waals surface area contributed by atoms with E-state index in [4.69, 9.17) is 5.73 Å². The third kappa shape index (κ3) is 2.48. The van der Waals surface area contributed by atoms with E-state index >= 15 is 0 Å². The van der Waals surface area contributed by atoms with Gasteiger partial charge in [0.2, 0.25) is 0 Å². The summed E-state index contributed by atoms with van der Waals surface area (Å²) in [6.45, 7) is 1.48.